The maximum atomic E-state index is 11.9. The quantitative estimate of drug-likeness (QED) is 0.550. The second kappa shape index (κ2) is 7.22. The van der Waals surface area contributed by atoms with E-state index in [0.717, 1.165) is 16.7 Å². The topological polar surface area (TPSA) is 63.1 Å². The normalized spacial score (nSPS) is 10.5. The van der Waals surface area contributed by atoms with Crippen molar-refractivity contribution >= 4 is 5.97 Å². The first-order valence-corrected chi connectivity index (χ1v) is 8.55. The number of carboxylic acids is 1. The number of carbonyl (C=O) groups is 1. The van der Waals surface area contributed by atoms with E-state index >= 15 is 0 Å². The smallest absolute Gasteiger partial charge is 0.356 e. The molecule has 1 aromatic heterocycles. The van der Waals surface area contributed by atoms with Gasteiger partial charge in [0.2, 0.25) is 0 Å². The molecule has 0 aliphatic heterocycles. The SMILES string of the molecule is O=C(O)c1nc(-c2ccccc2)c(-c2ccccc2)nc1-c1ccccc1. The maximum absolute atomic E-state index is 11.9. The van der Waals surface area contributed by atoms with Crippen LogP contribution in [0.5, 0.6) is 0 Å². The Bertz CT molecular complexity index is 1080. The summed E-state index contributed by atoms with van der Waals surface area (Å²) in [6, 6.07) is 28.5. The second-order valence-corrected chi connectivity index (χ2v) is 6.02. The third-order valence-corrected chi connectivity index (χ3v) is 4.24. The van der Waals surface area contributed by atoms with Crippen LogP contribution < -0.4 is 0 Å². The average molecular weight is 352 g/mol. The van der Waals surface area contributed by atoms with E-state index in [1.165, 1.54) is 0 Å². The highest BCUT2D eigenvalue weighted by molar-refractivity contribution is 5.95. The highest BCUT2D eigenvalue weighted by Gasteiger charge is 2.21. The minimum atomic E-state index is -1.10. The fourth-order valence-corrected chi connectivity index (χ4v) is 2.98. The summed E-state index contributed by atoms with van der Waals surface area (Å²) in [5.41, 5.74) is 3.95. The summed E-state index contributed by atoms with van der Waals surface area (Å²) in [6.07, 6.45) is 0. The molecule has 4 nitrogen and oxygen atoms in total. The Morgan fingerprint density at radius 3 is 1.33 bits per heavy atom. The third-order valence-electron chi connectivity index (χ3n) is 4.24. The van der Waals surface area contributed by atoms with E-state index in [2.05, 4.69) is 4.98 Å². The molecule has 4 rings (SSSR count). The van der Waals surface area contributed by atoms with Crippen LogP contribution in [0.15, 0.2) is 91.0 Å². The Morgan fingerprint density at radius 2 is 0.926 bits per heavy atom. The molecule has 0 aliphatic rings. The monoisotopic (exact) mass is 352 g/mol. The maximum Gasteiger partial charge on any atom is 0.356 e. The van der Waals surface area contributed by atoms with Crippen molar-refractivity contribution in [2.24, 2.45) is 0 Å². The molecule has 0 saturated heterocycles. The van der Waals surface area contributed by atoms with Crippen molar-refractivity contribution in [3.8, 4) is 33.8 Å². The van der Waals surface area contributed by atoms with Gasteiger partial charge in [-0.05, 0) is 0 Å². The van der Waals surface area contributed by atoms with Gasteiger partial charge in [0, 0.05) is 16.7 Å². The van der Waals surface area contributed by atoms with Crippen molar-refractivity contribution in [1.82, 2.24) is 9.97 Å². The number of hydrogen-bond acceptors (Lipinski definition) is 3. The number of aromatic nitrogens is 2. The standard InChI is InChI=1S/C23H16N2O2/c26-23(27)22-21(18-14-8-3-9-15-18)24-19(16-10-4-1-5-11-16)20(25-22)17-12-6-2-7-13-17/h1-15H,(H,26,27). The average Bonchev–Trinajstić information content (AvgIpc) is 2.74. The summed E-state index contributed by atoms with van der Waals surface area (Å²) in [4.78, 5) is 21.2. The Kier molecular flexibility index (Phi) is 4.45. The molecule has 130 valence electrons. The molecule has 0 unspecified atom stereocenters. The lowest BCUT2D eigenvalue weighted by Gasteiger charge is -2.13. The van der Waals surface area contributed by atoms with E-state index in [1.807, 2.05) is 91.0 Å². The van der Waals surface area contributed by atoms with Gasteiger partial charge < -0.3 is 5.11 Å². The molecule has 1 N–H and O–H groups in total. The predicted octanol–water partition coefficient (Wildman–Crippen LogP) is 5.18. The van der Waals surface area contributed by atoms with Gasteiger partial charge in [0.05, 0.1) is 11.4 Å². The van der Waals surface area contributed by atoms with Gasteiger partial charge in [0.15, 0.2) is 5.69 Å². The van der Waals surface area contributed by atoms with Gasteiger partial charge in [-0.2, -0.15) is 0 Å². The van der Waals surface area contributed by atoms with E-state index < -0.39 is 5.97 Å². The summed E-state index contributed by atoms with van der Waals surface area (Å²) < 4.78 is 0. The molecule has 0 bridgehead atoms. The summed E-state index contributed by atoms with van der Waals surface area (Å²) >= 11 is 0. The molecule has 3 aromatic carbocycles. The van der Waals surface area contributed by atoms with Crippen LogP contribution in [-0.2, 0) is 0 Å². The van der Waals surface area contributed by atoms with Gasteiger partial charge in [0.25, 0.3) is 0 Å². The number of benzene rings is 3. The molecule has 0 fully saturated rings. The van der Waals surface area contributed by atoms with Crippen molar-refractivity contribution in [3.63, 3.8) is 0 Å². The molecule has 1 heterocycles. The van der Waals surface area contributed by atoms with E-state index in [4.69, 9.17) is 4.98 Å². The summed E-state index contributed by atoms with van der Waals surface area (Å²) in [5.74, 6) is -1.10. The van der Waals surface area contributed by atoms with Crippen LogP contribution >= 0.6 is 0 Å². The molecule has 0 radical (unpaired) electrons. The molecule has 27 heavy (non-hydrogen) atoms. The summed E-state index contributed by atoms with van der Waals surface area (Å²) in [6.45, 7) is 0. The molecule has 0 saturated carbocycles. The zero-order chi connectivity index (χ0) is 18.6. The molecule has 0 atom stereocenters. The van der Waals surface area contributed by atoms with Crippen molar-refractivity contribution in [1.29, 1.82) is 0 Å². The van der Waals surface area contributed by atoms with Crippen LogP contribution in [0.4, 0.5) is 0 Å². The van der Waals surface area contributed by atoms with E-state index in [1.54, 1.807) is 0 Å². The van der Waals surface area contributed by atoms with Crippen LogP contribution in [0.2, 0.25) is 0 Å². The summed E-state index contributed by atoms with van der Waals surface area (Å²) in [5, 5.41) is 9.76. The van der Waals surface area contributed by atoms with Gasteiger partial charge in [-0.1, -0.05) is 91.0 Å². The number of nitrogens with zero attached hydrogens (tertiary/aromatic N) is 2. The van der Waals surface area contributed by atoms with Gasteiger partial charge in [-0.15, -0.1) is 0 Å². The second-order valence-electron chi connectivity index (χ2n) is 6.02. The molecule has 0 aliphatic carbocycles. The first-order chi connectivity index (χ1) is 13.2. The van der Waals surface area contributed by atoms with Crippen LogP contribution in [-0.4, -0.2) is 21.0 Å². The Hall–Kier alpha value is -3.79. The number of hydrogen-bond donors (Lipinski definition) is 1. The number of carboxylic acid groups (broad SMARTS) is 1. The Balaban J connectivity index is 2.04. The van der Waals surface area contributed by atoms with Gasteiger partial charge in [-0.3, -0.25) is 0 Å². The van der Waals surface area contributed by atoms with Crippen molar-refractivity contribution in [2.45, 2.75) is 0 Å². The minimum absolute atomic E-state index is 0.0558. The molecule has 4 heteroatoms. The lowest BCUT2D eigenvalue weighted by atomic mass is 10.0. The minimum Gasteiger partial charge on any atom is -0.476 e. The molecule has 4 aromatic rings. The molecule has 0 spiro atoms. The van der Waals surface area contributed by atoms with Gasteiger partial charge >= 0.3 is 5.97 Å². The Labute approximate surface area is 156 Å². The van der Waals surface area contributed by atoms with Gasteiger partial charge in [-0.25, -0.2) is 14.8 Å². The van der Waals surface area contributed by atoms with Gasteiger partial charge in [0.1, 0.15) is 5.69 Å². The van der Waals surface area contributed by atoms with E-state index in [9.17, 15) is 9.90 Å². The zero-order valence-electron chi connectivity index (χ0n) is 14.4. The third kappa shape index (κ3) is 3.33. The first kappa shape index (κ1) is 16.7. The molecular formula is C23H16N2O2. The lowest BCUT2D eigenvalue weighted by molar-refractivity contribution is 0.0691. The van der Waals surface area contributed by atoms with E-state index in [0.29, 0.717) is 17.1 Å². The highest BCUT2D eigenvalue weighted by Crippen LogP contribution is 2.32. The number of rotatable bonds is 4. The highest BCUT2D eigenvalue weighted by atomic mass is 16.4. The van der Waals surface area contributed by atoms with Crippen LogP contribution in [0.1, 0.15) is 10.5 Å². The predicted molar refractivity (Wildman–Crippen MR) is 105 cm³/mol. The molecular weight excluding hydrogens is 336 g/mol. The van der Waals surface area contributed by atoms with Crippen LogP contribution in [0, 0.1) is 0 Å². The Morgan fingerprint density at radius 1 is 0.556 bits per heavy atom. The van der Waals surface area contributed by atoms with Crippen LogP contribution in [0.25, 0.3) is 33.8 Å². The van der Waals surface area contributed by atoms with Crippen molar-refractivity contribution in [2.75, 3.05) is 0 Å². The first-order valence-electron chi connectivity index (χ1n) is 8.55. The van der Waals surface area contributed by atoms with Crippen molar-refractivity contribution < 1.29 is 9.90 Å². The lowest BCUT2D eigenvalue weighted by Crippen LogP contribution is -2.08. The van der Waals surface area contributed by atoms with Crippen molar-refractivity contribution in [3.05, 3.63) is 96.7 Å². The molecule has 0 amide bonds. The fraction of sp³-hybridized carbons (Fsp3) is 0. The largest absolute Gasteiger partial charge is 0.476 e. The van der Waals surface area contributed by atoms with Crippen LogP contribution in [0.3, 0.4) is 0 Å². The fourth-order valence-electron chi connectivity index (χ4n) is 2.98. The zero-order valence-corrected chi connectivity index (χ0v) is 14.4. The summed E-state index contributed by atoms with van der Waals surface area (Å²) in [7, 11) is 0. The number of aromatic carboxylic acids is 1. The van der Waals surface area contributed by atoms with E-state index in [-0.39, 0.29) is 5.69 Å².